The van der Waals surface area contributed by atoms with Gasteiger partial charge < -0.3 is 19.8 Å². The number of nitrogen functional groups attached to an aromatic ring is 1. The summed E-state index contributed by atoms with van der Waals surface area (Å²) >= 11 is 0. The lowest BCUT2D eigenvalue weighted by Gasteiger charge is -2.31. The third-order valence-electron chi connectivity index (χ3n) is 4.83. The van der Waals surface area contributed by atoms with Gasteiger partial charge in [0.2, 0.25) is 0 Å². The van der Waals surface area contributed by atoms with E-state index < -0.39 is 37.3 Å². The normalized spacial score (nSPS) is 14.4. The van der Waals surface area contributed by atoms with Gasteiger partial charge in [-0.2, -0.15) is 0 Å². The van der Waals surface area contributed by atoms with Crippen molar-refractivity contribution in [3.8, 4) is 0 Å². The van der Waals surface area contributed by atoms with Crippen LogP contribution >= 0.6 is 7.44 Å². The van der Waals surface area contributed by atoms with E-state index in [0.29, 0.717) is 17.7 Å². The number of hydrogen-bond acceptors (Lipinski definition) is 11. The van der Waals surface area contributed by atoms with Crippen molar-refractivity contribution in [1.82, 2.24) is 39.7 Å². The molecule has 0 saturated carbocycles. The number of nitrogens with one attached hydrogen (secondary N) is 2. The van der Waals surface area contributed by atoms with Gasteiger partial charge in [-0.25, -0.2) is 30.0 Å². The molecule has 3 aromatic rings. The van der Waals surface area contributed by atoms with E-state index in [0.717, 1.165) is 0 Å². The van der Waals surface area contributed by atoms with E-state index in [1.807, 2.05) is 0 Å². The first-order valence-electron chi connectivity index (χ1n) is 11.1. The summed E-state index contributed by atoms with van der Waals surface area (Å²) in [4.78, 5) is 45.3. The fourth-order valence-corrected chi connectivity index (χ4v) is 5.28. The third-order valence-corrected chi connectivity index (χ3v) is 6.83. The van der Waals surface area contributed by atoms with Gasteiger partial charge in [-0.15, -0.1) is 0 Å². The fourth-order valence-electron chi connectivity index (χ4n) is 3.19. The van der Waals surface area contributed by atoms with Crippen molar-refractivity contribution in [3.05, 3.63) is 36.9 Å². The van der Waals surface area contributed by atoms with Crippen LogP contribution in [0, 0.1) is 0 Å². The van der Waals surface area contributed by atoms with Crippen molar-refractivity contribution < 1.29 is 23.6 Å². The van der Waals surface area contributed by atoms with E-state index in [4.69, 9.17) is 15.2 Å². The van der Waals surface area contributed by atoms with Crippen LogP contribution in [-0.4, -0.2) is 65.5 Å². The SMILES string of the molecule is CC(C)OC(=O)C(C)(C)N[P@@](=O)(CO[C@H](C)Cn1cnc2c(N)ncnc21)NC(=O)c1ccncn1. The van der Waals surface area contributed by atoms with Gasteiger partial charge in [-0.1, -0.05) is 0 Å². The highest BCUT2D eigenvalue weighted by atomic mass is 31.2. The summed E-state index contributed by atoms with van der Waals surface area (Å²) in [5, 5.41) is 5.20. The first-order valence-corrected chi connectivity index (χ1v) is 13.0. The summed E-state index contributed by atoms with van der Waals surface area (Å²) in [5.74, 6) is -1.10. The Hall–Kier alpha value is -3.48. The van der Waals surface area contributed by atoms with Crippen LogP contribution in [0.2, 0.25) is 0 Å². The number of carbonyl (C=O) groups is 2. The quantitative estimate of drug-likeness (QED) is 0.245. The second-order valence-corrected chi connectivity index (χ2v) is 11.1. The summed E-state index contributed by atoms with van der Waals surface area (Å²) in [6.45, 7) is 8.47. The maximum atomic E-state index is 13.9. The monoisotopic (exact) mass is 519 g/mol. The minimum Gasteiger partial charge on any atom is -0.462 e. The number of amides is 1. The molecule has 15 heteroatoms. The van der Waals surface area contributed by atoms with Crippen molar-refractivity contribution in [2.75, 3.05) is 12.1 Å². The van der Waals surface area contributed by atoms with Crippen molar-refractivity contribution in [3.63, 3.8) is 0 Å². The van der Waals surface area contributed by atoms with Gasteiger partial charge >= 0.3 is 5.97 Å². The standard InChI is InChI=1S/C21H30N9O5P/c1-13(2)35-20(32)21(4,5)29-36(33,28-19(31)15-6-7-23-9-24-15)12-34-14(3)8-30-11-27-16-17(22)25-10-26-18(16)30/h6-7,9-11,13-14H,8,12H2,1-5H3,(H2,22,25,26)(H2,28,29,31,33)/t14-,36-/m1/s1. The molecule has 0 aromatic carbocycles. The molecule has 0 radical (unpaired) electrons. The number of rotatable bonds is 11. The number of fused-ring (bicyclic) bond motifs is 1. The topological polar surface area (TPSA) is 189 Å². The Labute approximate surface area is 207 Å². The Balaban J connectivity index is 1.76. The lowest BCUT2D eigenvalue weighted by Crippen LogP contribution is -2.49. The smallest absolute Gasteiger partial charge is 0.326 e. The van der Waals surface area contributed by atoms with Crippen molar-refractivity contribution in [2.24, 2.45) is 0 Å². The van der Waals surface area contributed by atoms with Crippen LogP contribution in [0.25, 0.3) is 11.2 Å². The van der Waals surface area contributed by atoms with E-state index in [-0.39, 0.29) is 17.6 Å². The Morgan fingerprint density at radius 1 is 1.17 bits per heavy atom. The van der Waals surface area contributed by atoms with Crippen molar-refractivity contribution >= 4 is 36.3 Å². The molecule has 36 heavy (non-hydrogen) atoms. The van der Waals surface area contributed by atoms with Crippen LogP contribution < -0.4 is 15.9 Å². The molecule has 194 valence electrons. The molecule has 0 fully saturated rings. The van der Waals surface area contributed by atoms with Gasteiger partial charge in [0.1, 0.15) is 35.8 Å². The number of anilines is 1. The molecule has 3 heterocycles. The Bertz CT molecular complexity index is 1270. The molecule has 4 N–H and O–H groups in total. The molecule has 0 aliphatic heterocycles. The number of carbonyl (C=O) groups excluding carboxylic acids is 2. The maximum Gasteiger partial charge on any atom is 0.326 e. The number of hydrogen-bond donors (Lipinski definition) is 3. The van der Waals surface area contributed by atoms with Crippen LogP contribution in [0.1, 0.15) is 45.1 Å². The van der Waals surface area contributed by atoms with Crippen molar-refractivity contribution in [1.29, 1.82) is 0 Å². The minimum absolute atomic E-state index is 0.00444. The highest BCUT2D eigenvalue weighted by Crippen LogP contribution is 2.40. The summed E-state index contributed by atoms with van der Waals surface area (Å²) in [6.07, 6.45) is 4.17. The van der Waals surface area contributed by atoms with Gasteiger partial charge in [0.25, 0.3) is 13.4 Å². The predicted octanol–water partition coefficient (Wildman–Crippen LogP) is 1.50. The Morgan fingerprint density at radius 3 is 2.58 bits per heavy atom. The maximum absolute atomic E-state index is 13.9. The van der Waals surface area contributed by atoms with Crippen LogP contribution in [-0.2, 0) is 25.4 Å². The Kier molecular flexibility index (Phi) is 8.33. The minimum atomic E-state index is -3.86. The molecule has 0 saturated heterocycles. The number of esters is 1. The lowest BCUT2D eigenvalue weighted by atomic mass is 10.1. The zero-order valence-electron chi connectivity index (χ0n) is 20.7. The molecule has 0 aliphatic rings. The second kappa shape index (κ2) is 11.1. The van der Waals surface area contributed by atoms with Gasteiger partial charge in [-0.3, -0.25) is 19.2 Å². The van der Waals surface area contributed by atoms with Gasteiger partial charge in [0, 0.05) is 6.20 Å². The zero-order chi connectivity index (χ0) is 26.5. The number of nitrogens with two attached hydrogens (primary N) is 1. The summed E-state index contributed by atoms with van der Waals surface area (Å²) in [6, 6.07) is 1.37. The predicted molar refractivity (Wildman–Crippen MR) is 131 cm³/mol. The molecule has 3 rings (SSSR count). The highest BCUT2D eigenvalue weighted by molar-refractivity contribution is 7.60. The van der Waals surface area contributed by atoms with E-state index in [2.05, 4.69) is 35.1 Å². The van der Waals surface area contributed by atoms with Crippen LogP contribution in [0.15, 0.2) is 31.2 Å². The molecule has 14 nitrogen and oxygen atoms in total. The highest BCUT2D eigenvalue weighted by Gasteiger charge is 2.39. The van der Waals surface area contributed by atoms with Gasteiger partial charge in [0.15, 0.2) is 11.5 Å². The molecule has 0 unspecified atom stereocenters. The number of ether oxygens (including phenoxy) is 2. The third kappa shape index (κ3) is 6.80. The van der Waals surface area contributed by atoms with E-state index >= 15 is 0 Å². The summed E-state index contributed by atoms with van der Waals surface area (Å²) in [7, 11) is -3.86. The van der Waals surface area contributed by atoms with Crippen LogP contribution in [0.5, 0.6) is 0 Å². The van der Waals surface area contributed by atoms with E-state index in [1.54, 1.807) is 31.7 Å². The number of nitrogens with zero attached hydrogens (tertiary/aromatic N) is 6. The summed E-state index contributed by atoms with van der Waals surface area (Å²) in [5.41, 5.74) is 5.42. The largest absolute Gasteiger partial charge is 0.462 e. The van der Waals surface area contributed by atoms with Gasteiger partial charge in [-0.05, 0) is 40.7 Å². The van der Waals surface area contributed by atoms with E-state index in [9.17, 15) is 14.2 Å². The average molecular weight is 520 g/mol. The van der Waals surface area contributed by atoms with Crippen LogP contribution in [0.4, 0.5) is 5.82 Å². The molecule has 0 bridgehead atoms. The van der Waals surface area contributed by atoms with Gasteiger partial charge in [0.05, 0.1) is 25.1 Å². The first-order chi connectivity index (χ1) is 16.9. The zero-order valence-corrected chi connectivity index (χ0v) is 21.6. The lowest BCUT2D eigenvalue weighted by molar-refractivity contribution is -0.153. The van der Waals surface area contributed by atoms with Crippen LogP contribution in [0.3, 0.4) is 0 Å². The van der Waals surface area contributed by atoms with Crippen molar-refractivity contribution in [2.45, 2.75) is 58.9 Å². The average Bonchev–Trinajstić information content (AvgIpc) is 3.21. The van der Waals surface area contributed by atoms with E-state index in [1.165, 1.54) is 38.8 Å². The number of aromatic nitrogens is 6. The fraction of sp³-hybridized carbons (Fsp3) is 0.476. The molecular formula is C21H30N9O5P. The molecule has 3 aromatic heterocycles. The first kappa shape index (κ1) is 27.1. The molecule has 1 amide bonds. The molecule has 0 spiro atoms. The number of imidazole rings is 1. The molecule has 0 aliphatic carbocycles. The second-order valence-electron chi connectivity index (χ2n) is 8.90. The summed E-state index contributed by atoms with van der Waals surface area (Å²) < 4.78 is 26.7. The molecular weight excluding hydrogens is 489 g/mol. The Morgan fingerprint density at radius 2 is 1.92 bits per heavy atom. The molecule has 2 atom stereocenters.